The molecule has 1 heterocycles. The van der Waals surface area contributed by atoms with Gasteiger partial charge in [0.25, 0.3) is 0 Å². The number of aliphatic hydroxyl groups is 2. The molecule has 0 aromatic carbocycles. The Morgan fingerprint density at radius 3 is 2.62 bits per heavy atom. The molecule has 0 amide bonds. The van der Waals surface area contributed by atoms with Crippen molar-refractivity contribution in [1.82, 2.24) is 0 Å². The molecule has 1 saturated heterocycles. The number of carbonyl (C=O) groups excluding carboxylic acids is 3. The number of hydrogen-bond donors (Lipinski definition) is 2. The van der Waals surface area contributed by atoms with Crippen molar-refractivity contribution in [1.29, 1.82) is 0 Å². The third-order valence-corrected chi connectivity index (χ3v) is 10.9. The summed E-state index contributed by atoms with van der Waals surface area (Å²) in [5.41, 5.74) is -2.70. The molecule has 6 rings (SSSR count). The summed E-state index contributed by atoms with van der Waals surface area (Å²) in [6.45, 7) is 6.15. The van der Waals surface area contributed by atoms with Gasteiger partial charge in [-0.15, -0.1) is 0 Å². The summed E-state index contributed by atoms with van der Waals surface area (Å²) in [6, 6.07) is 0. The first-order valence-corrected chi connectivity index (χ1v) is 12.6. The van der Waals surface area contributed by atoms with Crippen molar-refractivity contribution in [3.05, 3.63) is 23.8 Å². The number of rotatable bonds is 2. The van der Waals surface area contributed by atoms with Crippen LogP contribution in [0.2, 0.25) is 0 Å². The van der Waals surface area contributed by atoms with E-state index in [-0.39, 0.29) is 101 Å². The number of allylic oxidation sites excluding steroid dienone is 4. The SMILES string of the molecule is CC[C@]1([C@]2(O)[C@H]3C[C@H]3C3[C@H]4C=CC5=CC(=O)CC[C@]5(C)[C@@H]4CC[C@@]32C)OC(=O)CC(O)C1=O.[H-].[K+]. The zero-order valence-electron chi connectivity index (χ0n) is 21.7. The normalized spacial score (nSPS) is 53.0. The van der Waals surface area contributed by atoms with Gasteiger partial charge in [0.1, 0.15) is 11.7 Å². The summed E-state index contributed by atoms with van der Waals surface area (Å²) in [5.74, 6) is 0.0148. The Bertz CT molecular complexity index is 1040. The number of hydrogen-bond acceptors (Lipinski definition) is 6. The van der Waals surface area contributed by atoms with Crippen LogP contribution >= 0.6 is 0 Å². The van der Waals surface area contributed by atoms with E-state index in [2.05, 4.69) is 26.0 Å². The molecule has 0 aromatic rings. The molecule has 0 bridgehead atoms. The molecule has 0 radical (unpaired) electrons. The molecule has 34 heavy (non-hydrogen) atoms. The molecule has 4 fully saturated rings. The van der Waals surface area contributed by atoms with Crippen LogP contribution in [0.15, 0.2) is 23.8 Å². The maximum atomic E-state index is 13.4. The van der Waals surface area contributed by atoms with Crippen LogP contribution < -0.4 is 51.4 Å². The number of Topliss-reactive ketones (excluding diaryl/α,β-unsaturated/α-hetero) is 1. The van der Waals surface area contributed by atoms with Crippen molar-refractivity contribution in [2.24, 2.45) is 40.4 Å². The third kappa shape index (κ3) is 2.86. The van der Waals surface area contributed by atoms with E-state index in [0.717, 1.165) is 31.3 Å². The van der Waals surface area contributed by atoms with Gasteiger partial charge in [0.15, 0.2) is 5.78 Å². The van der Waals surface area contributed by atoms with Gasteiger partial charge in [0.05, 0.1) is 6.42 Å². The van der Waals surface area contributed by atoms with E-state index in [1.165, 1.54) is 0 Å². The van der Waals surface area contributed by atoms with Crippen molar-refractivity contribution in [3.63, 3.8) is 0 Å². The Morgan fingerprint density at radius 2 is 1.91 bits per heavy atom. The molecule has 6 aliphatic rings. The maximum Gasteiger partial charge on any atom is 1.00 e. The zero-order chi connectivity index (χ0) is 23.6. The Kier molecular flexibility index (Phi) is 5.94. The van der Waals surface area contributed by atoms with Crippen LogP contribution in [0.4, 0.5) is 0 Å². The number of fused-ring (bicyclic) bond motifs is 7. The molecule has 6 nitrogen and oxygen atoms in total. The zero-order valence-corrected chi connectivity index (χ0v) is 23.8. The second kappa shape index (κ2) is 7.92. The molecule has 180 valence electrons. The topological polar surface area (TPSA) is 101 Å². The quantitative estimate of drug-likeness (QED) is 0.415. The van der Waals surface area contributed by atoms with Gasteiger partial charge in [-0.1, -0.05) is 32.9 Å². The summed E-state index contributed by atoms with van der Waals surface area (Å²) in [6.07, 6.45) is 8.46. The third-order valence-electron chi connectivity index (χ3n) is 10.9. The number of aliphatic hydroxyl groups excluding tert-OH is 1. The van der Waals surface area contributed by atoms with Crippen LogP contribution in [0.25, 0.3) is 0 Å². The monoisotopic (exact) mass is 494 g/mol. The number of cyclic esters (lactones) is 1. The smallest absolute Gasteiger partial charge is 1.00 e. The van der Waals surface area contributed by atoms with Crippen LogP contribution in [0.3, 0.4) is 0 Å². The van der Waals surface area contributed by atoms with Gasteiger partial charge in [-0.3, -0.25) is 14.4 Å². The molecule has 7 heteroatoms. The fraction of sp³-hybridized carbons (Fsp3) is 0.741. The molecule has 3 saturated carbocycles. The summed E-state index contributed by atoms with van der Waals surface area (Å²) in [7, 11) is 0. The molecular formula is C27H35KO6. The standard InChI is InChI=1S/C27H34O6.K.H/c1-4-26(23(31)20(29)13-21(30)33-26)27(32)19-12-17(19)22-16-6-5-14-11-15(28)7-9-24(14,2)18(16)8-10-25(22,27)3;;/h5-6,11,16-20,22,29,32H,4,7-10,12-13H2,1-3H3;;/q;+1;-1/t16-,17+,18+,19-,20?,22?,24-,25-,26-,27-;;/m0../s1. The van der Waals surface area contributed by atoms with Gasteiger partial charge in [-0.05, 0) is 78.8 Å². The van der Waals surface area contributed by atoms with Gasteiger partial charge in [0.2, 0.25) is 11.4 Å². The first kappa shape index (κ1) is 25.5. The largest absolute Gasteiger partial charge is 1.00 e. The van der Waals surface area contributed by atoms with Crippen LogP contribution in [0.1, 0.15) is 67.1 Å². The fourth-order valence-corrected chi connectivity index (χ4v) is 9.34. The summed E-state index contributed by atoms with van der Waals surface area (Å²) in [5, 5.41) is 23.0. The van der Waals surface area contributed by atoms with E-state index in [1.54, 1.807) is 6.92 Å². The second-order valence-corrected chi connectivity index (χ2v) is 12.0. The maximum absolute atomic E-state index is 13.4. The number of esters is 1. The van der Waals surface area contributed by atoms with E-state index in [9.17, 15) is 24.6 Å². The first-order valence-electron chi connectivity index (χ1n) is 12.6. The van der Waals surface area contributed by atoms with Crippen LogP contribution in [-0.2, 0) is 19.1 Å². The predicted octanol–water partition coefficient (Wildman–Crippen LogP) is 0.0235. The molecular weight excluding hydrogens is 459 g/mol. The van der Waals surface area contributed by atoms with Crippen molar-refractivity contribution < 1.29 is 82.1 Å². The summed E-state index contributed by atoms with van der Waals surface area (Å²) < 4.78 is 5.79. The van der Waals surface area contributed by atoms with Gasteiger partial charge in [0, 0.05) is 11.8 Å². The van der Waals surface area contributed by atoms with Crippen LogP contribution in [0, 0.1) is 40.4 Å². The van der Waals surface area contributed by atoms with Crippen molar-refractivity contribution in [3.8, 4) is 0 Å². The predicted molar refractivity (Wildman–Crippen MR) is 120 cm³/mol. The molecule has 1 aliphatic heterocycles. The van der Waals surface area contributed by atoms with Gasteiger partial charge < -0.3 is 16.4 Å². The van der Waals surface area contributed by atoms with Crippen LogP contribution in [-0.4, -0.2) is 45.1 Å². The summed E-state index contributed by atoms with van der Waals surface area (Å²) >= 11 is 0. The van der Waals surface area contributed by atoms with E-state index >= 15 is 0 Å². The average molecular weight is 495 g/mol. The van der Waals surface area contributed by atoms with Crippen molar-refractivity contribution >= 4 is 17.5 Å². The van der Waals surface area contributed by atoms with E-state index in [0.29, 0.717) is 12.3 Å². The van der Waals surface area contributed by atoms with Crippen molar-refractivity contribution in [2.45, 2.75) is 83.0 Å². The van der Waals surface area contributed by atoms with Crippen LogP contribution in [0.5, 0.6) is 0 Å². The Hall–Kier alpha value is -0.154. The number of carbonyl (C=O) groups is 3. The van der Waals surface area contributed by atoms with Gasteiger partial charge in [-0.2, -0.15) is 0 Å². The van der Waals surface area contributed by atoms with Gasteiger partial charge in [-0.25, -0.2) is 0 Å². The Balaban J connectivity index is 0.00000144. The van der Waals surface area contributed by atoms with E-state index in [4.69, 9.17) is 4.74 Å². The minimum absolute atomic E-state index is 0. The molecule has 2 unspecified atom stereocenters. The number of ether oxygens (including phenoxy) is 1. The molecule has 0 aromatic heterocycles. The first-order chi connectivity index (χ1) is 15.5. The van der Waals surface area contributed by atoms with Crippen molar-refractivity contribution in [2.75, 3.05) is 0 Å². The van der Waals surface area contributed by atoms with E-state index < -0.39 is 34.5 Å². The molecule has 10 atom stereocenters. The Morgan fingerprint density at radius 1 is 1.18 bits per heavy atom. The minimum Gasteiger partial charge on any atom is -1.00 e. The summed E-state index contributed by atoms with van der Waals surface area (Å²) in [4.78, 5) is 37.9. The minimum atomic E-state index is -1.69. The number of ketones is 2. The second-order valence-electron chi connectivity index (χ2n) is 12.0. The Labute approximate surface area is 244 Å². The molecule has 2 N–H and O–H groups in total. The molecule has 0 spiro atoms. The van der Waals surface area contributed by atoms with E-state index in [1.807, 2.05) is 6.08 Å². The van der Waals surface area contributed by atoms with Gasteiger partial charge >= 0.3 is 57.4 Å². The average Bonchev–Trinajstić information content (AvgIpc) is 3.52. The fourth-order valence-electron chi connectivity index (χ4n) is 9.34. The molecule has 5 aliphatic carbocycles.